The van der Waals surface area contributed by atoms with Crippen molar-refractivity contribution < 1.29 is 24.2 Å². The summed E-state index contributed by atoms with van der Waals surface area (Å²) in [6.45, 7) is 0. The summed E-state index contributed by atoms with van der Waals surface area (Å²) in [5.74, 6) is -1.38. The molecule has 26 heavy (non-hydrogen) atoms. The molecule has 2 aromatic carbocycles. The molecule has 0 aliphatic carbocycles. The van der Waals surface area contributed by atoms with Crippen LogP contribution in [0.1, 0.15) is 5.56 Å². The molecule has 0 saturated carbocycles. The Balaban J connectivity index is 2.05. The molecule has 0 atom stereocenters. The van der Waals surface area contributed by atoms with Crippen LogP contribution in [0.25, 0.3) is 5.57 Å². The van der Waals surface area contributed by atoms with E-state index in [2.05, 4.69) is 0 Å². The third-order valence-corrected chi connectivity index (χ3v) is 4.63. The second-order valence-electron chi connectivity index (χ2n) is 5.34. The number of halogens is 2. The van der Waals surface area contributed by atoms with Crippen LogP contribution in [-0.4, -0.2) is 31.1 Å². The second-order valence-corrected chi connectivity index (χ2v) is 6.15. The Morgan fingerprint density at radius 3 is 2.19 bits per heavy atom. The molecule has 2 aromatic rings. The quantitative estimate of drug-likeness (QED) is 0.798. The van der Waals surface area contributed by atoms with Gasteiger partial charge < -0.3 is 14.6 Å². The average molecular weight is 394 g/mol. The van der Waals surface area contributed by atoms with Crippen molar-refractivity contribution in [2.45, 2.75) is 0 Å². The van der Waals surface area contributed by atoms with Crippen molar-refractivity contribution in [1.82, 2.24) is 0 Å². The third-order valence-electron chi connectivity index (χ3n) is 3.89. The lowest BCUT2D eigenvalue weighted by Crippen LogP contribution is -2.31. The maximum atomic E-state index is 12.8. The van der Waals surface area contributed by atoms with E-state index in [1.165, 1.54) is 38.5 Å². The van der Waals surface area contributed by atoms with Gasteiger partial charge in [-0.3, -0.25) is 9.59 Å². The first-order chi connectivity index (χ1) is 12.4. The Morgan fingerprint density at radius 1 is 0.885 bits per heavy atom. The number of ether oxygens (including phenoxy) is 2. The van der Waals surface area contributed by atoms with Gasteiger partial charge in [0.1, 0.15) is 0 Å². The highest BCUT2D eigenvalue weighted by Crippen LogP contribution is 2.37. The molecule has 1 heterocycles. The van der Waals surface area contributed by atoms with Gasteiger partial charge in [-0.1, -0.05) is 29.3 Å². The van der Waals surface area contributed by atoms with Gasteiger partial charge in [-0.05, 0) is 35.9 Å². The number of aliphatic hydroxyl groups is 1. The third kappa shape index (κ3) is 2.87. The Morgan fingerprint density at radius 2 is 1.58 bits per heavy atom. The first-order valence-corrected chi connectivity index (χ1v) is 8.14. The maximum absolute atomic E-state index is 12.8. The van der Waals surface area contributed by atoms with Gasteiger partial charge in [0.15, 0.2) is 17.3 Å². The minimum atomic E-state index is -0.849. The van der Waals surface area contributed by atoms with Gasteiger partial charge in [0.25, 0.3) is 5.91 Å². The summed E-state index contributed by atoms with van der Waals surface area (Å²) in [5, 5.41) is 10.7. The monoisotopic (exact) mass is 393 g/mol. The molecule has 2 amide bonds. The van der Waals surface area contributed by atoms with Crippen molar-refractivity contribution in [3.63, 3.8) is 0 Å². The topological polar surface area (TPSA) is 76.1 Å². The van der Waals surface area contributed by atoms with E-state index in [9.17, 15) is 14.7 Å². The number of nitrogens with zero attached hydrogens (tertiary/aromatic N) is 1. The highest BCUT2D eigenvalue weighted by molar-refractivity contribution is 6.46. The highest BCUT2D eigenvalue weighted by Gasteiger charge is 2.40. The number of rotatable bonds is 4. The van der Waals surface area contributed by atoms with Gasteiger partial charge in [0.2, 0.25) is 0 Å². The number of aliphatic hydroxyl groups excluding tert-OH is 1. The lowest BCUT2D eigenvalue weighted by atomic mass is 10.0. The summed E-state index contributed by atoms with van der Waals surface area (Å²) in [6.07, 6.45) is 0. The number of carbonyl (C=O) groups excluding carboxylic acids is 2. The number of amides is 2. The fourth-order valence-electron chi connectivity index (χ4n) is 2.63. The van der Waals surface area contributed by atoms with Gasteiger partial charge in [0.05, 0.1) is 35.5 Å². The van der Waals surface area contributed by atoms with Crippen molar-refractivity contribution in [1.29, 1.82) is 0 Å². The standard InChI is InChI=1S/C18H13Cl2NO5/c1-25-13-6-3-9(7-14(13)26-2)15-16(22)18(24)21(17(15)23)10-4-5-11(19)12(20)8-10/h3-8,22H,1-2H3. The molecule has 6 nitrogen and oxygen atoms in total. The van der Waals surface area contributed by atoms with Crippen LogP contribution in [0, 0.1) is 0 Å². The van der Waals surface area contributed by atoms with Crippen molar-refractivity contribution >= 4 is 46.3 Å². The predicted octanol–water partition coefficient (Wildman–Crippen LogP) is 3.85. The van der Waals surface area contributed by atoms with Gasteiger partial charge in [-0.25, -0.2) is 4.90 Å². The second kappa shape index (κ2) is 6.90. The Bertz CT molecular complexity index is 955. The van der Waals surface area contributed by atoms with E-state index in [0.29, 0.717) is 17.1 Å². The van der Waals surface area contributed by atoms with Gasteiger partial charge in [-0.2, -0.15) is 0 Å². The highest BCUT2D eigenvalue weighted by atomic mass is 35.5. The van der Waals surface area contributed by atoms with Crippen LogP contribution in [0.2, 0.25) is 10.0 Å². The van der Waals surface area contributed by atoms with Crippen molar-refractivity contribution in [2.75, 3.05) is 19.1 Å². The molecule has 0 fully saturated rings. The van der Waals surface area contributed by atoms with E-state index in [0.717, 1.165) is 4.90 Å². The van der Waals surface area contributed by atoms with Crippen LogP contribution >= 0.6 is 23.2 Å². The molecule has 0 bridgehead atoms. The molecule has 8 heteroatoms. The van der Waals surface area contributed by atoms with E-state index in [1.807, 2.05) is 0 Å². The van der Waals surface area contributed by atoms with Gasteiger partial charge >= 0.3 is 5.91 Å². The number of hydrogen-bond acceptors (Lipinski definition) is 5. The largest absolute Gasteiger partial charge is 0.502 e. The molecular formula is C18H13Cl2NO5. The van der Waals surface area contributed by atoms with Crippen LogP contribution in [0.5, 0.6) is 11.5 Å². The molecule has 1 aliphatic rings. The first-order valence-electron chi connectivity index (χ1n) is 7.38. The van der Waals surface area contributed by atoms with Gasteiger partial charge in [0, 0.05) is 0 Å². The van der Waals surface area contributed by atoms with E-state index in [-0.39, 0.29) is 21.3 Å². The minimum absolute atomic E-state index is 0.137. The van der Waals surface area contributed by atoms with Crippen LogP contribution in [0.4, 0.5) is 5.69 Å². The Labute approximate surface area is 159 Å². The molecule has 0 unspecified atom stereocenters. The molecule has 0 spiro atoms. The molecule has 1 N–H and O–H groups in total. The van der Waals surface area contributed by atoms with Crippen molar-refractivity contribution in [3.05, 3.63) is 57.8 Å². The fraction of sp³-hybridized carbons (Fsp3) is 0.111. The lowest BCUT2D eigenvalue weighted by molar-refractivity contribution is -0.121. The lowest BCUT2D eigenvalue weighted by Gasteiger charge is -2.15. The number of anilines is 1. The number of carbonyl (C=O) groups is 2. The summed E-state index contributed by atoms with van der Waals surface area (Å²) in [4.78, 5) is 26.1. The number of methoxy groups -OCH3 is 2. The normalized spacial score (nSPS) is 14.2. The van der Waals surface area contributed by atoms with Crippen LogP contribution in [0.3, 0.4) is 0 Å². The predicted molar refractivity (Wildman–Crippen MR) is 98.0 cm³/mol. The Kier molecular flexibility index (Phi) is 4.80. The van der Waals surface area contributed by atoms with E-state index in [1.54, 1.807) is 12.1 Å². The number of hydrogen-bond donors (Lipinski definition) is 1. The number of benzene rings is 2. The van der Waals surface area contributed by atoms with E-state index in [4.69, 9.17) is 32.7 Å². The zero-order chi connectivity index (χ0) is 19.0. The minimum Gasteiger partial charge on any atom is -0.502 e. The van der Waals surface area contributed by atoms with Gasteiger partial charge in [-0.15, -0.1) is 0 Å². The van der Waals surface area contributed by atoms with Crippen LogP contribution in [0.15, 0.2) is 42.2 Å². The summed E-state index contributed by atoms with van der Waals surface area (Å²) < 4.78 is 10.4. The van der Waals surface area contributed by atoms with E-state index < -0.39 is 17.6 Å². The summed E-state index contributed by atoms with van der Waals surface area (Å²) in [5.41, 5.74) is 0.388. The molecule has 1 aliphatic heterocycles. The zero-order valence-corrected chi connectivity index (χ0v) is 15.3. The molecule has 3 rings (SSSR count). The molecule has 0 saturated heterocycles. The molecule has 134 valence electrons. The summed E-state index contributed by atoms with van der Waals surface area (Å²) >= 11 is 11.8. The maximum Gasteiger partial charge on any atom is 0.301 e. The molecule has 0 aromatic heterocycles. The SMILES string of the molecule is COc1ccc(C2=C(O)C(=O)N(c3ccc(Cl)c(Cl)c3)C2=O)cc1OC. The molecule has 0 radical (unpaired) electrons. The average Bonchev–Trinajstić information content (AvgIpc) is 2.86. The van der Waals surface area contributed by atoms with Crippen LogP contribution < -0.4 is 14.4 Å². The summed E-state index contributed by atoms with van der Waals surface area (Å²) in [6, 6.07) is 8.95. The van der Waals surface area contributed by atoms with Crippen molar-refractivity contribution in [3.8, 4) is 11.5 Å². The smallest absolute Gasteiger partial charge is 0.301 e. The first kappa shape index (κ1) is 18.1. The van der Waals surface area contributed by atoms with Crippen LogP contribution in [-0.2, 0) is 9.59 Å². The summed E-state index contributed by atoms with van der Waals surface area (Å²) in [7, 11) is 2.92. The fourth-order valence-corrected chi connectivity index (χ4v) is 2.92. The molecular weight excluding hydrogens is 381 g/mol. The number of imide groups is 1. The zero-order valence-electron chi connectivity index (χ0n) is 13.7. The Hall–Kier alpha value is -2.70. The van der Waals surface area contributed by atoms with Crippen molar-refractivity contribution in [2.24, 2.45) is 0 Å². The van der Waals surface area contributed by atoms with E-state index >= 15 is 0 Å².